The van der Waals surface area contributed by atoms with Crippen LogP contribution in [0.2, 0.25) is 0 Å². The molecule has 1 heterocycles. The summed E-state index contributed by atoms with van der Waals surface area (Å²) >= 11 is 0.975. The van der Waals surface area contributed by atoms with Gasteiger partial charge in [-0.15, -0.1) is 0 Å². The molecule has 7 nitrogen and oxygen atoms in total. The first kappa shape index (κ1) is 16.6. The summed E-state index contributed by atoms with van der Waals surface area (Å²) in [6.07, 6.45) is 1.35. The number of nitrogens with one attached hydrogen (secondary N) is 1. The molecule has 0 spiro atoms. The molecule has 0 atom stereocenters. The van der Waals surface area contributed by atoms with Gasteiger partial charge in [0.1, 0.15) is 5.75 Å². The molecule has 0 radical (unpaired) electrons. The minimum atomic E-state index is -0.474. The maximum atomic E-state index is 11.6. The number of amides is 1. The number of ether oxygens (including phenoxy) is 1. The van der Waals surface area contributed by atoms with Crippen LogP contribution in [0.5, 0.6) is 5.75 Å². The molecule has 0 unspecified atom stereocenters. The molecule has 120 valence electrons. The zero-order valence-corrected chi connectivity index (χ0v) is 13.4. The second kappa shape index (κ2) is 7.50. The van der Waals surface area contributed by atoms with E-state index >= 15 is 0 Å². The molecule has 0 saturated heterocycles. The van der Waals surface area contributed by atoms with Gasteiger partial charge in [-0.1, -0.05) is 17.4 Å². The van der Waals surface area contributed by atoms with Crippen molar-refractivity contribution in [2.75, 3.05) is 6.61 Å². The van der Waals surface area contributed by atoms with Crippen molar-refractivity contribution in [2.45, 2.75) is 13.8 Å². The third kappa shape index (κ3) is 5.19. The average molecular weight is 333 g/mol. The van der Waals surface area contributed by atoms with Crippen molar-refractivity contribution in [1.82, 2.24) is 5.43 Å². The molecule has 0 aliphatic heterocycles. The van der Waals surface area contributed by atoms with E-state index in [9.17, 15) is 14.9 Å². The summed E-state index contributed by atoms with van der Waals surface area (Å²) in [6, 6.07) is 8.64. The zero-order valence-electron chi connectivity index (χ0n) is 12.6. The summed E-state index contributed by atoms with van der Waals surface area (Å²) in [5.41, 5.74) is 4.42. The summed E-state index contributed by atoms with van der Waals surface area (Å²) in [4.78, 5) is 22.3. The van der Waals surface area contributed by atoms with Crippen molar-refractivity contribution in [1.29, 1.82) is 0 Å². The van der Waals surface area contributed by atoms with Crippen molar-refractivity contribution >= 4 is 28.5 Å². The van der Waals surface area contributed by atoms with Crippen LogP contribution in [-0.4, -0.2) is 23.7 Å². The fourth-order valence-electron chi connectivity index (χ4n) is 1.88. The molecule has 0 aliphatic carbocycles. The molecule has 2 aromatic rings. The SMILES string of the molecule is Cc1cc(C)cc(OCC(=O)N/N=C/c2ccc([N+](=O)[O-])s2)c1. The second-order valence-corrected chi connectivity index (χ2v) is 5.93. The van der Waals surface area contributed by atoms with Crippen LogP contribution in [0.1, 0.15) is 16.0 Å². The maximum absolute atomic E-state index is 11.6. The third-order valence-corrected chi connectivity index (χ3v) is 3.71. The molecular weight excluding hydrogens is 318 g/mol. The van der Waals surface area contributed by atoms with Crippen LogP contribution < -0.4 is 10.2 Å². The Bertz CT molecular complexity index is 735. The first-order chi connectivity index (χ1) is 10.9. The van der Waals surface area contributed by atoms with Gasteiger partial charge in [0.05, 0.1) is 16.0 Å². The number of hydrogen-bond acceptors (Lipinski definition) is 6. The third-order valence-electron chi connectivity index (χ3n) is 2.74. The number of thiophene rings is 1. The van der Waals surface area contributed by atoms with Gasteiger partial charge in [0, 0.05) is 6.07 Å². The number of benzene rings is 1. The lowest BCUT2D eigenvalue weighted by molar-refractivity contribution is -0.380. The number of hydrogen-bond donors (Lipinski definition) is 1. The Hall–Kier alpha value is -2.74. The molecule has 2 rings (SSSR count). The van der Waals surface area contributed by atoms with Gasteiger partial charge in [0.2, 0.25) is 0 Å². The van der Waals surface area contributed by atoms with Gasteiger partial charge in [-0.05, 0) is 43.2 Å². The van der Waals surface area contributed by atoms with E-state index < -0.39 is 10.8 Å². The van der Waals surface area contributed by atoms with Gasteiger partial charge in [0.15, 0.2) is 6.61 Å². The van der Waals surface area contributed by atoms with Crippen molar-refractivity contribution in [3.05, 3.63) is 56.5 Å². The summed E-state index contributed by atoms with van der Waals surface area (Å²) < 4.78 is 5.40. The smallest absolute Gasteiger partial charge is 0.324 e. The highest BCUT2D eigenvalue weighted by molar-refractivity contribution is 7.16. The van der Waals surface area contributed by atoms with E-state index in [0.29, 0.717) is 10.6 Å². The first-order valence-corrected chi connectivity index (χ1v) is 7.53. The predicted molar refractivity (Wildman–Crippen MR) is 88.1 cm³/mol. The Kier molecular flexibility index (Phi) is 5.42. The van der Waals surface area contributed by atoms with Crippen LogP contribution in [0.3, 0.4) is 0 Å². The van der Waals surface area contributed by atoms with Crippen LogP contribution in [0.4, 0.5) is 5.00 Å². The first-order valence-electron chi connectivity index (χ1n) is 6.71. The second-order valence-electron chi connectivity index (χ2n) is 4.84. The Balaban J connectivity index is 1.82. The van der Waals surface area contributed by atoms with Crippen LogP contribution in [0, 0.1) is 24.0 Å². The zero-order chi connectivity index (χ0) is 16.8. The van der Waals surface area contributed by atoms with E-state index in [2.05, 4.69) is 10.5 Å². The molecule has 0 fully saturated rings. The van der Waals surface area contributed by atoms with Gasteiger partial charge in [0.25, 0.3) is 5.91 Å². The Morgan fingerprint density at radius 1 is 1.35 bits per heavy atom. The predicted octanol–water partition coefficient (Wildman–Crippen LogP) is 2.80. The van der Waals surface area contributed by atoms with Crippen molar-refractivity contribution in [2.24, 2.45) is 5.10 Å². The number of hydrazone groups is 1. The lowest BCUT2D eigenvalue weighted by atomic mass is 10.1. The lowest BCUT2D eigenvalue weighted by Gasteiger charge is -2.07. The van der Waals surface area contributed by atoms with E-state index in [0.717, 1.165) is 22.5 Å². The normalized spacial score (nSPS) is 10.7. The molecule has 8 heteroatoms. The molecule has 1 N–H and O–H groups in total. The van der Waals surface area contributed by atoms with Gasteiger partial charge in [-0.2, -0.15) is 5.10 Å². The highest BCUT2D eigenvalue weighted by Crippen LogP contribution is 2.22. The molecule has 1 amide bonds. The summed E-state index contributed by atoms with van der Waals surface area (Å²) in [5.74, 6) is 0.210. The molecule has 1 aromatic carbocycles. The Morgan fingerprint density at radius 2 is 2.04 bits per heavy atom. The molecular formula is C15H15N3O4S. The Labute approximate surface area is 136 Å². The summed E-state index contributed by atoms with van der Waals surface area (Å²) in [5, 5.41) is 14.3. The number of carbonyl (C=O) groups is 1. The summed E-state index contributed by atoms with van der Waals surface area (Å²) in [6.45, 7) is 3.74. The number of nitro groups is 1. The van der Waals surface area contributed by atoms with Gasteiger partial charge in [-0.3, -0.25) is 14.9 Å². The average Bonchev–Trinajstić information content (AvgIpc) is 2.93. The summed E-state index contributed by atoms with van der Waals surface area (Å²) in [7, 11) is 0. The highest BCUT2D eigenvalue weighted by Gasteiger charge is 2.08. The van der Waals surface area contributed by atoms with E-state index in [4.69, 9.17) is 4.74 Å². The molecule has 1 aromatic heterocycles. The number of rotatable bonds is 6. The number of nitrogens with zero attached hydrogens (tertiary/aromatic N) is 2. The quantitative estimate of drug-likeness (QED) is 0.499. The lowest BCUT2D eigenvalue weighted by Crippen LogP contribution is -2.24. The minimum Gasteiger partial charge on any atom is -0.484 e. The molecule has 23 heavy (non-hydrogen) atoms. The van der Waals surface area contributed by atoms with E-state index in [1.54, 1.807) is 6.07 Å². The highest BCUT2D eigenvalue weighted by atomic mass is 32.1. The molecule has 0 bridgehead atoms. The van der Waals surface area contributed by atoms with Crippen LogP contribution >= 0.6 is 11.3 Å². The standard InChI is InChI=1S/C15H15N3O4S/c1-10-5-11(2)7-12(6-10)22-9-14(19)17-16-8-13-3-4-15(23-13)18(20)21/h3-8H,9H2,1-2H3,(H,17,19)/b16-8+. The van der Waals surface area contributed by atoms with E-state index in [1.807, 2.05) is 32.0 Å². The largest absolute Gasteiger partial charge is 0.484 e. The van der Waals surface area contributed by atoms with Crippen LogP contribution in [0.15, 0.2) is 35.4 Å². The van der Waals surface area contributed by atoms with Crippen molar-refractivity contribution in [3.63, 3.8) is 0 Å². The number of carbonyl (C=O) groups excluding carboxylic acids is 1. The molecule has 0 saturated carbocycles. The van der Waals surface area contributed by atoms with Crippen LogP contribution in [0.25, 0.3) is 0 Å². The van der Waals surface area contributed by atoms with Gasteiger partial charge in [-0.25, -0.2) is 5.43 Å². The van der Waals surface area contributed by atoms with E-state index in [-0.39, 0.29) is 11.6 Å². The Morgan fingerprint density at radius 3 is 2.65 bits per heavy atom. The molecule has 0 aliphatic rings. The fraction of sp³-hybridized carbons (Fsp3) is 0.200. The van der Waals surface area contributed by atoms with E-state index in [1.165, 1.54) is 12.3 Å². The number of aryl methyl sites for hydroxylation is 2. The monoisotopic (exact) mass is 333 g/mol. The van der Waals surface area contributed by atoms with Crippen LogP contribution in [-0.2, 0) is 4.79 Å². The topological polar surface area (TPSA) is 93.8 Å². The maximum Gasteiger partial charge on any atom is 0.324 e. The van der Waals surface area contributed by atoms with Crippen molar-refractivity contribution < 1.29 is 14.5 Å². The van der Waals surface area contributed by atoms with Crippen molar-refractivity contribution in [3.8, 4) is 5.75 Å². The minimum absolute atomic E-state index is 0.0240. The van der Waals surface area contributed by atoms with Gasteiger partial charge >= 0.3 is 5.00 Å². The fourth-order valence-corrected chi connectivity index (χ4v) is 2.57. The van der Waals surface area contributed by atoms with Gasteiger partial charge < -0.3 is 4.74 Å².